The predicted molar refractivity (Wildman–Crippen MR) is 87.4 cm³/mol. The SMILES string of the molecule is Fc1ccc2oc3ccc(NCc4ccccc4F)cc3c2c1. The van der Waals surface area contributed by atoms with Crippen molar-refractivity contribution < 1.29 is 13.2 Å². The number of hydrogen-bond acceptors (Lipinski definition) is 2. The van der Waals surface area contributed by atoms with Gasteiger partial charge in [0.1, 0.15) is 22.8 Å². The first-order chi connectivity index (χ1) is 11.2. The Kier molecular flexibility index (Phi) is 3.23. The number of hydrogen-bond donors (Lipinski definition) is 1. The van der Waals surface area contributed by atoms with Crippen LogP contribution in [0.3, 0.4) is 0 Å². The minimum atomic E-state index is -0.301. The Morgan fingerprint density at radius 1 is 0.826 bits per heavy atom. The molecule has 0 aliphatic heterocycles. The molecule has 3 aromatic carbocycles. The summed E-state index contributed by atoms with van der Waals surface area (Å²) in [7, 11) is 0. The molecule has 0 saturated carbocycles. The van der Waals surface area contributed by atoms with E-state index in [0.717, 1.165) is 16.5 Å². The molecule has 0 saturated heterocycles. The van der Waals surface area contributed by atoms with E-state index in [2.05, 4.69) is 5.32 Å². The van der Waals surface area contributed by atoms with E-state index in [1.54, 1.807) is 24.3 Å². The van der Waals surface area contributed by atoms with Crippen molar-refractivity contribution in [3.63, 3.8) is 0 Å². The molecular formula is C19H13F2NO. The first-order valence-electron chi connectivity index (χ1n) is 7.30. The van der Waals surface area contributed by atoms with Crippen LogP contribution in [0.15, 0.2) is 65.1 Å². The fraction of sp³-hybridized carbons (Fsp3) is 0.0526. The van der Waals surface area contributed by atoms with Crippen LogP contribution in [0.25, 0.3) is 21.9 Å². The van der Waals surface area contributed by atoms with Crippen LogP contribution in [0.4, 0.5) is 14.5 Å². The number of benzene rings is 3. The minimum absolute atomic E-state index is 0.239. The van der Waals surface area contributed by atoms with Crippen LogP contribution in [0, 0.1) is 11.6 Å². The van der Waals surface area contributed by atoms with Gasteiger partial charge in [0.15, 0.2) is 0 Å². The zero-order chi connectivity index (χ0) is 15.8. The van der Waals surface area contributed by atoms with Gasteiger partial charge in [0.2, 0.25) is 0 Å². The maximum atomic E-state index is 13.7. The summed E-state index contributed by atoms with van der Waals surface area (Å²) >= 11 is 0. The van der Waals surface area contributed by atoms with E-state index in [0.29, 0.717) is 23.3 Å². The summed E-state index contributed by atoms with van der Waals surface area (Å²) < 4.78 is 32.8. The Hall–Kier alpha value is -2.88. The summed E-state index contributed by atoms with van der Waals surface area (Å²) in [5.74, 6) is -0.540. The Balaban J connectivity index is 1.69. The molecule has 0 atom stereocenters. The summed E-state index contributed by atoms with van der Waals surface area (Å²) in [4.78, 5) is 0. The smallest absolute Gasteiger partial charge is 0.135 e. The van der Waals surface area contributed by atoms with Gasteiger partial charge in [0.05, 0.1) is 0 Å². The van der Waals surface area contributed by atoms with Gasteiger partial charge in [-0.2, -0.15) is 0 Å². The van der Waals surface area contributed by atoms with E-state index in [1.807, 2.05) is 18.2 Å². The highest BCUT2D eigenvalue weighted by Gasteiger charge is 2.09. The van der Waals surface area contributed by atoms with Crippen molar-refractivity contribution in [2.24, 2.45) is 0 Å². The number of rotatable bonds is 3. The van der Waals surface area contributed by atoms with Gasteiger partial charge in [0.25, 0.3) is 0 Å². The highest BCUT2D eigenvalue weighted by atomic mass is 19.1. The van der Waals surface area contributed by atoms with Crippen molar-refractivity contribution in [2.75, 3.05) is 5.32 Å². The molecule has 4 aromatic rings. The predicted octanol–water partition coefficient (Wildman–Crippen LogP) is 5.48. The fourth-order valence-electron chi connectivity index (χ4n) is 2.70. The van der Waals surface area contributed by atoms with Gasteiger partial charge in [-0.05, 0) is 42.5 Å². The monoisotopic (exact) mass is 309 g/mol. The lowest BCUT2D eigenvalue weighted by Crippen LogP contribution is -2.01. The van der Waals surface area contributed by atoms with Gasteiger partial charge < -0.3 is 9.73 Å². The Morgan fingerprint density at radius 2 is 1.57 bits per heavy atom. The van der Waals surface area contributed by atoms with E-state index >= 15 is 0 Å². The van der Waals surface area contributed by atoms with Gasteiger partial charge in [0, 0.05) is 28.6 Å². The fourth-order valence-corrected chi connectivity index (χ4v) is 2.70. The summed E-state index contributed by atoms with van der Waals surface area (Å²) in [5, 5.41) is 4.75. The number of nitrogens with one attached hydrogen (secondary N) is 1. The number of fused-ring (bicyclic) bond motifs is 3. The average Bonchev–Trinajstić information content (AvgIpc) is 2.91. The second-order valence-electron chi connectivity index (χ2n) is 5.40. The van der Waals surface area contributed by atoms with Crippen LogP contribution in [0.1, 0.15) is 5.56 Å². The van der Waals surface area contributed by atoms with Crippen molar-refractivity contribution in [3.8, 4) is 0 Å². The van der Waals surface area contributed by atoms with Crippen molar-refractivity contribution in [1.29, 1.82) is 0 Å². The topological polar surface area (TPSA) is 25.2 Å². The van der Waals surface area contributed by atoms with E-state index in [-0.39, 0.29) is 11.6 Å². The molecule has 1 N–H and O–H groups in total. The number of furan rings is 1. The lowest BCUT2D eigenvalue weighted by Gasteiger charge is -2.07. The molecular weight excluding hydrogens is 296 g/mol. The maximum absolute atomic E-state index is 13.7. The quantitative estimate of drug-likeness (QED) is 0.542. The molecule has 2 nitrogen and oxygen atoms in total. The summed E-state index contributed by atoms with van der Waals surface area (Å²) in [5.41, 5.74) is 2.76. The molecule has 1 heterocycles. The molecule has 0 fully saturated rings. The normalized spacial score (nSPS) is 11.2. The van der Waals surface area contributed by atoms with E-state index in [9.17, 15) is 8.78 Å². The maximum Gasteiger partial charge on any atom is 0.135 e. The third kappa shape index (κ3) is 2.52. The molecule has 0 amide bonds. The summed E-state index contributed by atoms with van der Waals surface area (Å²) in [6, 6.07) is 16.7. The van der Waals surface area contributed by atoms with E-state index in [1.165, 1.54) is 18.2 Å². The van der Waals surface area contributed by atoms with Crippen LogP contribution in [0.5, 0.6) is 0 Å². The first kappa shape index (κ1) is 13.8. The molecule has 4 heteroatoms. The summed E-state index contributed by atoms with van der Waals surface area (Å²) in [6.07, 6.45) is 0. The molecule has 0 aliphatic carbocycles. The van der Waals surface area contributed by atoms with Crippen molar-refractivity contribution in [1.82, 2.24) is 0 Å². The lowest BCUT2D eigenvalue weighted by atomic mass is 10.1. The number of halogens is 2. The van der Waals surface area contributed by atoms with E-state index < -0.39 is 0 Å². The minimum Gasteiger partial charge on any atom is -0.456 e. The second-order valence-corrected chi connectivity index (χ2v) is 5.40. The Morgan fingerprint density at radius 3 is 2.39 bits per heavy atom. The third-order valence-corrected chi connectivity index (χ3v) is 3.87. The average molecular weight is 309 g/mol. The van der Waals surface area contributed by atoms with Gasteiger partial charge in [-0.1, -0.05) is 18.2 Å². The molecule has 114 valence electrons. The van der Waals surface area contributed by atoms with Crippen LogP contribution < -0.4 is 5.32 Å². The van der Waals surface area contributed by atoms with Gasteiger partial charge in [-0.15, -0.1) is 0 Å². The highest BCUT2D eigenvalue weighted by Crippen LogP contribution is 2.31. The van der Waals surface area contributed by atoms with E-state index in [4.69, 9.17) is 4.42 Å². The van der Waals surface area contributed by atoms with Crippen LogP contribution in [-0.4, -0.2) is 0 Å². The molecule has 0 aliphatic rings. The summed E-state index contributed by atoms with van der Waals surface area (Å²) in [6.45, 7) is 0.377. The van der Waals surface area contributed by atoms with Gasteiger partial charge >= 0.3 is 0 Å². The molecule has 0 radical (unpaired) electrons. The molecule has 1 aromatic heterocycles. The number of anilines is 1. The van der Waals surface area contributed by atoms with Crippen LogP contribution in [0.2, 0.25) is 0 Å². The lowest BCUT2D eigenvalue weighted by molar-refractivity contribution is 0.613. The highest BCUT2D eigenvalue weighted by molar-refractivity contribution is 6.05. The van der Waals surface area contributed by atoms with Gasteiger partial charge in [-0.25, -0.2) is 8.78 Å². The van der Waals surface area contributed by atoms with Gasteiger partial charge in [-0.3, -0.25) is 0 Å². The largest absolute Gasteiger partial charge is 0.456 e. The van der Waals surface area contributed by atoms with Crippen molar-refractivity contribution in [2.45, 2.75) is 6.54 Å². The Bertz CT molecular complexity index is 1010. The second kappa shape index (κ2) is 5.39. The van der Waals surface area contributed by atoms with Crippen LogP contribution >= 0.6 is 0 Å². The zero-order valence-corrected chi connectivity index (χ0v) is 12.1. The molecule has 4 rings (SSSR count). The van der Waals surface area contributed by atoms with Crippen molar-refractivity contribution in [3.05, 3.63) is 77.9 Å². The molecule has 0 bridgehead atoms. The van der Waals surface area contributed by atoms with Crippen LogP contribution in [-0.2, 0) is 6.54 Å². The van der Waals surface area contributed by atoms with Crippen molar-refractivity contribution >= 4 is 27.6 Å². The zero-order valence-electron chi connectivity index (χ0n) is 12.1. The standard InChI is InChI=1S/C19H13F2NO/c20-13-5-7-18-15(9-13)16-10-14(6-8-19(16)23-18)22-11-12-3-1-2-4-17(12)21/h1-10,22H,11H2. The third-order valence-electron chi connectivity index (χ3n) is 3.87. The molecule has 0 unspecified atom stereocenters. The molecule has 23 heavy (non-hydrogen) atoms. The molecule has 0 spiro atoms. The Labute approximate surface area is 131 Å². The first-order valence-corrected chi connectivity index (χ1v) is 7.30.